The fourth-order valence-electron chi connectivity index (χ4n) is 3.55. The minimum Gasteiger partial charge on any atom is -0.272 e. The highest BCUT2D eigenvalue weighted by molar-refractivity contribution is 7.89. The monoisotopic (exact) mass is 559 g/mol. The van der Waals surface area contributed by atoms with Crippen molar-refractivity contribution in [3.63, 3.8) is 0 Å². The van der Waals surface area contributed by atoms with Gasteiger partial charge in [-0.2, -0.15) is 9.41 Å². The minimum atomic E-state index is -4.07. The molecule has 36 heavy (non-hydrogen) atoms. The topological polar surface area (TPSA) is 78.8 Å². The number of rotatable bonds is 8. The van der Waals surface area contributed by atoms with Gasteiger partial charge in [-0.15, -0.1) is 0 Å². The number of benzene rings is 4. The van der Waals surface area contributed by atoms with Crippen molar-refractivity contribution >= 4 is 67.7 Å². The van der Waals surface area contributed by atoms with Gasteiger partial charge in [-0.25, -0.2) is 13.8 Å². The third-order valence-corrected chi connectivity index (χ3v) is 7.99. The number of nitrogens with one attached hydrogen (secondary N) is 1. The molecule has 0 atom stereocenters. The number of carbonyl (C=O) groups excluding carboxylic acids is 1. The molecule has 0 radical (unpaired) electrons. The van der Waals surface area contributed by atoms with Gasteiger partial charge < -0.3 is 0 Å². The van der Waals surface area contributed by atoms with Crippen molar-refractivity contribution in [2.24, 2.45) is 5.10 Å². The van der Waals surface area contributed by atoms with Crippen molar-refractivity contribution < 1.29 is 13.2 Å². The predicted octanol–water partition coefficient (Wildman–Crippen LogP) is 6.14. The summed E-state index contributed by atoms with van der Waals surface area (Å²) in [6.45, 7) is -0.641. The number of carbonyl (C=O) groups is 1. The van der Waals surface area contributed by atoms with Crippen molar-refractivity contribution in [3.8, 4) is 0 Å². The number of hydrazone groups is 1. The van der Waals surface area contributed by atoms with Gasteiger partial charge in [-0.05, 0) is 52.7 Å². The van der Waals surface area contributed by atoms with Crippen LogP contribution >= 0.6 is 34.8 Å². The van der Waals surface area contributed by atoms with Crippen molar-refractivity contribution in [3.05, 3.63) is 111 Å². The van der Waals surface area contributed by atoms with E-state index in [0.717, 1.165) is 20.6 Å². The van der Waals surface area contributed by atoms with Crippen molar-refractivity contribution in [2.45, 2.75) is 11.4 Å². The molecule has 0 saturated carbocycles. The van der Waals surface area contributed by atoms with Crippen LogP contribution in [0.5, 0.6) is 0 Å². The van der Waals surface area contributed by atoms with E-state index in [-0.39, 0.29) is 16.5 Å². The summed E-state index contributed by atoms with van der Waals surface area (Å²) in [6, 6.07) is 24.0. The van der Waals surface area contributed by atoms with Gasteiger partial charge >= 0.3 is 0 Å². The molecule has 0 saturated heterocycles. The van der Waals surface area contributed by atoms with E-state index in [1.54, 1.807) is 12.1 Å². The lowest BCUT2D eigenvalue weighted by Gasteiger charge is -2.22. The first-order valence-electron chi connectivity index (χ1n) is 10.7. The lowest BCUT2D eigenvalue weighted by atomic mass is 10.1. The zero-order chi connectivity index (χ0) is 25.7. The molecule has 0 unspecified atom stereocenters. The average molecular weight is 561 g/mol. The van der Waals surface area contributed by atoms with Gasteiger partial charge in [0.25, 0.3) is 5.91 Å². The molecular formula is C26H20Cl3N3O3S. The van der Waals surface area contributed by atoms with Crippen LogP contribution in [0.1, 0.15) is 11.1 Å². The SMILES string of the molecule is O=C(CN(Cc1ccc(Cl)cc1Cl)S(=O)(=O)c1ccc(Cl)cc1)N/N=C\c1cccc2ccccc12. The summed E-state index contributed by atoms with van der Waals surface area (Å²) in [5, 5.41) is 7.14. The summed E-state index contributed by atoms with van der Waals surface area (Å²) in [5.74, 6) is -0.617. The summed E-state index contributed by atoms with van der Waals surface area (Å²) >= 11 is 18.2. The molecule has 184 valence electrons. The van der Waals surface area contributed by atoms with E-state index in [1.165, 1.54) is 36.5 Å². The first-order chi connectivity index (χ1) is 17.2. The molecule has 1 amide bonds. The van der Waals surface area contributed by atoms with Crippen LogP contribution in [0, 0.1) is 0 Å². The molecule has 0 aliphatic rings. The van der Waals surface area contributed by atoms with E-state index >= 15 is 0 Å². The summed E-state index contributed by atoms with van der Waals surface area (Å²) in [5.41, 5.74) is 3.72. The second-order valence-electron chi connectivity index (χ2n) is 7.82. The summed E-state index contributed by atoms with van der Waals surface area (Å²) in [4.78, 5) is 12.8. The Bertz CT molecular complexity index is 1540. The van der Waals surface area contributed by atoms with Crippen molar-refractivity contribution in [2.75, 3.05) is 6.54 Å². The van der Waals surface area contributed by atoms with Crippen molar-refractivity contribution in [1.82, 2.24) is 9.73 Å². The van der Waals surface area contributed by atoms with E-state index in [0.29, 0.717) is 15.6 Å². The first-order valence-corrected chi connectivity index (χ1v) is 13.3. The quantitative estimate of drug-likeness (QED) is 0.208. The van der Waals surface area contributed by atoms with Crippen LogP contribution in [-0.4, -0.2) is 31.4 Å². The normalized spacial score (nSPS) is 11.9. The third-order valence-electron chi connectivity index (χ3n) is 5.35. The zero-order valence-electron chi connectivity index (χ0n) is 18.7. The molecule has 0 aliphatic carbocycles. The number of sulfonamides is 1. The van der Waals surface area contributed by atoms with E-state index in [9.17, 15) is 13.2 Å². The number of halogens is 3. The fraction of sp³-hybridized carbons (Fsp3) is 0.0769. The van der Waals surface area contributed by atoms with E-state index in [1.807, 2.05) is 42.5 Å². The standard InChI is InChI=1S/C26H20Cl3N3O3S/c27-21-10-12-23(13-11-21)36(34,35)32(16-20-8-9-22(28)14-25(20)29)17-26(33)31-30-15-19-6-3-5-18-4-1-2-7-24(18)19/h1-15H,16-17H2,(H,31,33)/b30-15-. The molecule has 0 heterocycles. The Balaban J connectivity index is 1.56. The second kappa shape index (κ2) is 11.4. The minimum absolute atomic E-state index is 0.0101. The van der Waals surface area contributed by atoms with Gasteiger partial charge in [0.05, 0.1) is 17.7 Å². The molecule has 1 N–H and O–H groups in total. The molecule has 6 nitrogen and oxygen atoms in total. The van der Waals surface area contributed by atoms with Gasteiger partial charge in [-0.1, -0.05) is 83.3 Å². The second-order valence-corrected chi connectivity index (χ2v) is 11.0. The molecule has 10 heteroatoms. The van der Waals surface area contributed by atoms with Crippen LogP contribution < -0.4 is 5.43 Å². The average Bonchev–Trinajstić information content (AvgIpc) is 2.85. The summed E-state index contributed by atoms with van der Waals surface area (Å²) < 4.78 is 27.8. The van der Waals surface area contributed by atoms with E-state index in [4.69, 9.17) is 34.8 Å². The maximum Gasteiger partial charge on any atom is 0.255 e. The zero-order valence-corrected chi connectivity index (χ0v) is 21.8. The number of fused-ring (bicyclic) bond motifs is 1. The highest BCUT2D eigenvalue weighted by Crippen LogP contribution is 2.26. The smallest absolute Gasteiger partial charge is 0.255 e. The molecule has 4 rings (SSSR count). The van der Waals surface area contributed by atoms with Gasteiger partial charge in [0, 0.05) is 27.2 Å². The van der Waals surface area contributed by atoms with Gasteiger partial charge in [-0.3, -0.25) is 4.79 Å². The van der Waals surface area contributed by atoms with Crippen LogP contribution in [0.3, 0.4) is 0 Å². The predicted molar refractivity (Wildman–Crippen MR) is 145 cm³/mol. The van der Waals surface area contributed by atoms with Crippen LogP contribution in [-0.2, 0) is 21.4 Å². The highest BCUT2D eigenvalue weighted by atomic mass is 35.5. The number of hydrogen-bond acceptors (Lipinski definition) is 4. The van der Waals surface area contributed by atoms with Crippen LogP contribution in [0.15, 0.2) is 94.9 Å². The van der Waals surface area contributed by atoms with Crippen LogP contribution in [0.4, 0.5) is 0 Å². The molecule has 4 aromatic rings. The Morgan fingerprint density at radius 1 is 0.889 bits per heavy atom. The maximum atomic E-state index is 13.4. The Morgan fingerprint density at radius 2 is 1.58 bits per heavy atom. The van der Waals surface area contributed by atoms with E-state index < -0.39 is 22.5 Å². The Morgan fingerprint density at radius 3 is 2.33 bits per heavy atom. The largest absolute Gasteiger partial charge is 0.272 e. The third kappa shape index (κ3) is 6.24. The molecule has 0 fully saturated rings. The summed E-state index contributed by atoms with van der Waals surface area (Å²) in [7, 11) is -4.07. The maximum absolute atomic E-state index is 13.4. The van der Waals surface area contributed by atoms with Crippen molar-refractivity contribution in [1.29, 1.82) is 0 Å². The molecule has 4 aromatic carbocycles. The molecule has 0 spiro atoms. The Kier molecular flexibility index (Phi) is 8.28. The lowest BCUT2D eigenvalue weighted by molar-refractivity contribution is -0.121. The summed E-state index contributed by atoms with van der Waals surface area (Å²) in [6.07, 6.45) is 1.52. The first kappa shape index (κ1) is 26.1. The number of amides is 1. The van der Waals surface area contributed by atoms with Gasteiger partial charge in [0.15, 0.2) is 0 Å². The van der Waals surface area contributed by atoms with Crippen LogP contribution in [0.2, 0.25) is 15.1 Å². The van der Waals surface area contributed by atoms with Gasteiger partial charge in [0.2, 0.25) is 10.0 Å². The Labute approximate surface area is 224 Å². The highest BCUT2D eigenvalue weighted by Gasteiger charge is 2.27. The molecular weight excluding hydrogens is 541 g/mol. The number of hydrogen-bond donors (Lipinski definition) is 1. The number of nitrogens with zero attached hydrogens (tertiary/aromatic N) is 2. The van der Waals surface area contributed by atoms with Gasteiger partial charge in [0.1, 0.15) is 0 Å². The molecule has 0 bridgehead atoms. The molecule has 0 aromatic heterocycles. The lowest BCUT2D eigenvalue weighted by Crippen LogP contribution is -2.39. The van der Waals surface area contributed by atoms with E-state index in [2.05, 4.69) is 10.5 Å². The fourth-order valence-corrected chi connectivity index (χ4v) is 5.52. The van der Waals surface area contributed by atoms with Crippen LogP contribution in [0.25, 0.3) is 10.8 Å². The Hall–Kier alpha value is -2.94. The molecule has 0 aliphatic heterocycles.